The third kappa shape index (κ3) is 3.61. The van der Waals surface area contributed by atoms with Crippen LogP contribution in [0.25, 0.3) is 11.0 Å². The predicted octanol–water partition coefficient (Wildman–Crippen LogP) is 3.33. The van der Waals surface area contributed by atoms with E-state index >= 15 is 0 Å². The molecule has 0 radical (unpaired) electrons. The van der Waals surface area contributed by atoms with Gasteiger partial charge in [0.05, 0.1) is 11.7 Å². The van der Waals surface area contributed by atoms with E-state index in [0.29, 0.717) is 23.6 Å². The molecule has 0 unspecified atom stereocenters. The molecule has 1 N–H and O–H groups in total. The zero-order chi connectivity index (χ0) is 18.7. The molecule has 0 aliphatic heterocycles. The lowest BCUT2D eigenvalue weighted by atomic mass is 10.1. The third-order valence-electron chi connectivity index (χ3n) is 4.06. The fourth-order valence-corrected chi connectivity index (χ4v) is 2.69. The van der Waals surface area contributed by atoms with Gasteiger partial charge in [0.15, 0.2) is 6.61 Å². The number of hydrogen-bond donors (Lipinski definition) is 1. The van der Waals surface area contributed by atoms with Crippen molar-refractivity contribution in [2.75, 3.05) is 6.61 Å². The lowest BCUT2D eigenvalue weighted by Crippen LogP contribution is -2.31. The summed E-state index contributed by atoms with van der Waals surface area (Å²) >= 11 is 0. The summed E-state index contributed by atoms with van der Waals surface area (Å²) in [6.07, 6.45) is 0.539. The Kier molecular flexibility index (Phi) is 5.06. The minimum absolute atomic E-state index is 0.283. The number of rotatable bonds is 6. The van der Waals surface area contributed by atoms with E-state index in [9.17, 15) is 9.59 Å². The van der Waals surface area contributed by atoms with Crippen LogP contribution < -0.4 is 5.32 Å². The number of fused-ring (bicyclic) bond motifs is 1. The van der Waals surface area contributed by atoms with Gasteiger partial charge in [0.2, 0.25) is 0 Å². The molecule has 26 heavy (non-hydrogen) atoms. The summed E-state index contributed by atoms with van der Waals surface area (Å²) in [5.41, 5.74) is 1.55. The van der Waals surface area contributed by atoms with Crippen LogP contribution in [0.4, 0.5) is 0 Å². The monoisotopic (exact) mass is 356 g/mol. The Balaban J connectivity index is 1.58. The smallest absolute Gasteiger partial charge is 0.344 e. The van der Waals surface area contributed by atoms with Crippen LogP contribution >= 0.6 is 0 Å². The highest BCUT2D eigenvalue weighted by molar-refractivity contribution is 5.93. The zero-order valence-electron chi connectivity index (χ0n) is 14.9. The van der Waals surface area contributed by atoms with Crippen LogP contribution in [0.2, 0.25) is 0 Å². The average Bonchev–Trinajstić information content (AvgIpc) is 3.22. The van der Waals surface area contributed by atoms with E-state index in [1.807, 2.05) is 37.3 Å². The number of esters is 1. The summed E-state index contributed by atoms with van der Waals surface area (Å²) in [5, 5.41) is 7.52. The van der Waals surface area contributed by atoms with Crippen molar-refractivity contribution in [3.63, 3.8) is 0 Å². The molecule has 7 nitrogen and oxygen atoms in total. The Hall–Kier alpha value is -3.09. The first-order chi connectivity index (χ1) is 12.5. The molecule has 0 spiro atoms. The van der Waals surface area contributed by atoms with Crippen molar-refractivity contribution in [2.24, 2.45) is 0 Å². The Morgan fingerprint density at radius 1 is 1.31 bits per heavy atom. The van der Waals surface area contributed by atoms with E-state index < -0.39 is 18.5 Å². The van der Waals surface area contributed by atoms with Crippen LogP contribution in [-0.4, -0.2) is 23.6 Å². The van der Waals surface area contributed by atoms with Gasteiger partial charge in [-0.2, -0.15) is 0 Å². The van der Waals surface area contributed by atoms with E-state index in [4.69, 9.17) is 13.7 Å². The molecular weight excluding hydrogens is 336 g/mol. The molecule has 0 saturated carbocycles. The number of aryl methyl sites for hydroxylation is 2. The second kappa shape index (κ2) is 7.43. The van der Waals surface area contributed by atoms with Crippen molar-refractivity contribution in [2.45, 2.75) is 33.2 Å². The first-order valence-corrected chi connectivity index (χ1v) is 8.39. The number of benzene rings is 1. The number of carbonyl (C=O) groups is 2. The molecule has 0 fully saturated rings. The standard InChI is InChI=1S/C19H20N2O5/c1-4-14-18(12(3)26-21-14)19(23)24-10-17(22)20-11(2)16-9-13-7-5-6-8-15(13)25-16/h5-9,11H,4,10H2,1-3H3,(H,20,22)/t11-/m1/s1. The maximum Gasteiger partial charge on any atom is 0.344 e. The van der Waals surface area contributed by atoms with E-state index in [1.165, 1.54) is 0 Å². The molecule has 3 rings (SSSR count). The van der Waals surface area contributed by atoms with Gasteiger partial charge in [-0.25, -0.2) is 4.79 Å². The fourth-order valence-electron chi connectivity index (χ4n) is 2.69. The summed E-state index contributed by atoms with van der Waals surface area (Å²) in [4.78, 5) is 24.2. The first-order valence-electron chi connectivity index (χ1n) is 8.39. The van der Waals surface area contributed by atoms with Crippen molar-refractivity contribution in [3.8, 4) is 0 Å². The summed E-state index contributed by atoms with van der Waals surface area (Å²) in [6.45, 7) is 4.90. The zero-order valence-corrected chi connectivity index (χ0v) is 14.9. The molecule has 1 amide bonds. The van der Waals surface area contributed by atoms with Crippen LogP contribution in [0.3, 0.4) is 0 Å². The van der Waals surface area contributed by atoms with Crippen molar-refractivity contribution < 1.29 is 23.3 Å². The lowest BCUT2D eigenvalue weighted by Gasteiger charge is -2.11. The summed E-state index contributed by atoms with van der Waals surface area (Å²) in [5.74, 6) is -0.0254. The maximum atomic E-state index is 12.2. The molecule has 1 aromatic carbocycles. The molecule has 3 aromatic rings. The van der Waals surface area contributed by atoms with Gasteiger partial charge in [0.1, 0.15) is 22.7 Å². The highest BCUT2D eigenvalue weighted by Gasteiger charge is 2.22. The second-order valence-corrected chi connectivity index (χ2v) is 5.97. The van der Waals surface area contributed by atoms with E-state index in [1.54, 1.807) is 13.8 Å². The minimum Gasteiger partial charge on any atom is -0.459 e. The summed E-state index contributed by atoms with van der Waals surface area (Å²) < 4.78 is 15.8. The Bertz CT molecular complexity index is 907. The minimum atomic E-state index is -0.618. The third-order valence-corrected chi connectivity index (χ3v) is 4.06. The summed E-state index contributed by atoms with van der Waals surface area (Å²) in [7, 11) is 0. The number of aromatic nitrogens is 1. The number of hydrogen-bond acceptors (Lipinski definition) is 6. The van der Waals surface area contributed by atoms with Crippen LogP contribution in [0.1, 0.15) is 47.5 Å². The Morgan fingerprint density at radius 2 is 2.08 bits per heavy atom. The fraction of sp³-hybridized carbons (Fsp3) is 0.316. The van der Waals surface area contributed by atoms with Gasteiger partial charge in [-0.1, -0.05) is 30.3 Å². The number of nitrogens with zero attached hydrogens (tertiary/aromatic N) is 1. The molecule has 7 heteroatoms. The van der Waals surface area contributed by atoms with Gasteiger partial charge in [-0.3, -0.25) is 4.79 Å². The van der Waals surface area contributed by atoms with Gasteiger partial charge in [0, 0.05) is 5.39 Å². The quantitative estimate of drug-likeness (QED) is 0.681. The van der Waals surface area contributed by atoms with Gasteiger partial charge >= 0.3 is 5.97 Å². The van der Waals surface area contributed by atoms with Gasteiger partial charge in [0.25, 0.3) is 5.91 Å². The van der Waals surface area contributed by atoms with Crippen molar-refractivity contribution in [3.05, 3.63) is 53.1 Å². The second-order valence-electron chi connectivity index (χ2n) is 5.97. The number of ether oxygens (including phenoxy) is 1. The first kappa shape index (κ1) is 17.7. The van der Waals surface area contributed by atoms with Gasteiger partial charge in [-0.05, 0) is 32.4 Å². The predicted molar refractivity (Wildman–Crippen MR) is 93.7 cm³/mol. The highest BCUT2D eigenvalue weighted by Crippen LogP contribution is 2.23. The molecule has 0 aliphatic carbocycles. The number of furan rings is 1. The van der Waals surface area contributed by atoms with Crippen molar-refractivity contribution in [1.82, 2.24) is 10.5 Å². The summed E-state index contributed by atoms with van der Waals surface area (Å²) in [6, 6.07) is 9.13. The molecule has 0 bridgehead atoms. The van der Waals surface area contributed by atoms with Crippen molar-refractivity contribution in [1.29, 1.82) is 0 Å². The number of carbonyl (C=O) groups excluding carboxylic acids is 2. The maximum absolute atomic E-state index is 12.2. The molecule has 2 aromatic heterocycles. The number of para-hydroxylation sites is 1. The van der Waals surface area contributed by atoms with Crippen LogP contribution in [0.15, 0.2) is 39.3 Å². The van der Waals surface area contributed by atoms with Gasteiger partial charge in [-0.15, -0.1) is 0 Å². The number of amides is 1. The van der Waals surface area contributed by atoms with Crippen LogP contribution in [0, 0.1) is 6.92 Å². The molecule has 0 saturated heterocycles. The topological polar surface area (TPSA) is 94.6 Å². The molecule has 0 aliphatic rings. The highest BCUT2D eigenvalue weighted by atomic mass is 16.5. The average molecular weight is 356 g/mol. The molecule has 1 atom stereocenters. The van der Waals surface area contributed by atoms with E-state index in [0.717, 1.165) is 11.0 Å². The lowest BCUT2D eigenvalue weighted by molar-refractivity contribution is -0.125. The normalized spacial score (nSPS) is 12.1. The Labute approximate surface area is 150 Å². The SMILES string of the molecule is CCc1noc(C)c1C(=O)OCC(=O)N[C@H](C)c1cc2ccccc2o1. The van der Waals surface area contributed by atoms with Gasteiger partial charge < -0.3 is 19.0 Å². The van der Waals surface area contributed by atoms with Crippen LogP contribution in [-0.2, 0) is 16.0 Å². The van der Waals surface area contributed by atoms with E-state index in [2.05, 4.69) is 10.5 Å². The van der Waals surface area contributed by atoms with Crippen molar-refractivity contribution >= 4 is 22.8 Å². The Morgan fingerprint density at radius 3 is 2.81 bits per heavy atom. The van der Waals surface area contributed by atoms with Crippen LogP contribution in [0.5, 0.6) is 0 Å². The van der Waals surface area contributed by atoms with E-state index in [-0.39, 0.29) is 11.6 Å². The number of nitrogens with one attached hydrogen (secondary N) is 1. The molecule has 2 heterocycles. The molecular formula is C19H20N2O5. The largest absolute Gasteiger partial charge is 0.459 e. The molecule has 136 valence electrons.